The fraction of sp³-hybridized carbons (Fsp3) is 0.111. The highest BCUT2D eigenvalue weighted by Crippen LogP contribution is 2.27. The first-order valence-electron chi connectivity index (χ1n) is 3.99. The Hall–Kier alpha value is -1.56. The molecule has 0 aliphatic carbocycles. The fourth-order valence-electron chi connectivity index (χ4n) is 0.986. The van der Waals surface area contributed by atoms with Crippen LogP contribution in [0.2, 0.25) is 0 Å². The summed E-state index contributed by atoms with van der Waals surface area (Å²) in [6.07, 6.45) is 0.765. The van der Waals surface area contributed by atoms with E-state index in [1.165, 1.54) is 7.11 Å². The summed E-state index contributed by atoms with van der Waals surface area (Å²) in [5.41, 5.74) is 0.505. The molecule has 0 saturated heterocycles. The number of carbonyl (C=O) groups excluding carboxylic acids is 1. The first-order chi connectivity index (χ1) is 7.17. The Morgan fingerprint density at radius 1 is 1.67 bits per heavy atom. The summed E-state index contributed by atoms with van der Waals surface area (Å²) in [5.74, 6) is -0.0119. The lowest BCUT2D eigenvalue weighted by Gasteiger charge is -2.08. The van der Waals surface area contributed by atoms with Crippen molar-refractivity contribution >= 4 is 33.7 Å². The highest BCUT2D eigenvalue weighted by molar-refractivity contribution is 9.10. The summed E-state index contributed by atoms with van der Waals surface area (Å²) in [7, 11) is 1.50. The van der Waals surface area contributed by atoms with Crippen molar-refractivity contribution in [3.8, 4) is 5.75 Å². The second-order valence-electron chi connectivity index (χ2n) is 2.58. The van der Waals surface area contributed by atoms with Crippen LogP contribution in [0.1, 0.15) is 0 Å². The van der Waals surface area contributed by atoms with E-state index in [2.05, 4.69) is 26.4 Å². The number of nitrogens with one attached hydrogen (secondary N) is 1. The molecule has 6 heteroatoms. The molecule has 0 aliphatic heterocycles. The highest BCUT2D eigenvalue weighted by atomic mass is 79.9. The third-order valence-electron chi connectivity index (χ3n) is 1.60. The number of benzene rings is 1. The summed E-state index contributed by atoms with van der Waals surface area (Å²) in [6.45, 7) is 0. The van der Waals surface area contributed by atoms with Crippen LogP contribution in [0, 0.1) is 0 Å². The Kier molecular flexibility index (Phi) is 4.11. The number of hydrogen-bond acceptors (Lipinski definition) is 4. The molecule has 0 aliphatic rings. The number of anilines is 1. The number of nitrogens with zero attached hydrogens (tertiary/aromatic N) is 1. The van der Waals surface area contributed by atoms with Gasteiger partial charge in [0.25, 0.3) is 5.91 Å². The number of ether oxygens (including phenoxy) is 1. The maximum Gasteiger partial charge on any atom is 0.270 e. The molecule has 0 bridgehead atoms. The third-order valence-corrected chi connectivity index (χ3v) is 2.09. The number of hydrogen-bond donors (Lipinski definition) is 2. The molecule has 5 nitrogen and oxygen atoms in total. The predicted molar refractivity (Wildman–Crippen MR) is 59.6 cm³/mol. The van der Waals surface area contributed by atoms with Gasteiger partial charge in [0.2, 0.25) is 0 Å². The molecule has 0 unspecified atom stereocenters. The van der Waals surface area contributed by atoms with Gasteiger partial charge in [-0.15, -0.1) is 0 Å². The van der Waals surface area contributed by atoms with Crippen molar-refractivity contribution < 1.29 is 14.7 Å². The van der Waals surface area contributed by atoms with Crippen molar-refractivity contribution in [2.24, 2.45) is 5.16 Å². The van der Waals surface area contributed by atoms with E-state index in [0.29, 0.717) is 11.4 Å². The average molecular weight is 273 g/mol. The highest BCUT2D eigenvalue weighted by Gasteiger charge is 2.05. The zero-order valence-corrected chi connectivity index (χ0v) is 9.48. The maximum atomic E-state index is 11.1. The zero-order valence-electron chi connectivity index (χ0n) is 7.90. The van der Waals surface area contributed by atoms with Crippen molar-refractivity contribution in [3.05, 3.63) is 22.7 Å². The molecule has 1 aromatic carbocycles. The van der Waals surface area contributed by atoms with Crippen LogP contribution in [0.5, 0.6) is 5.75 Å². The predicted octanol–water partition coefficient (Wildman–Crippen LogP) is 1.86. The molecular formula is C9H9BrN2O3. The quantitative estimate of drug-likeness (QED) is 0.501. The summed E-state index contributed by atoms with van der Waals surface area (Å²) in [4.78, 5) is 11.1. The molecule has 2 N–H and O–H groups in total. The van der Waals surface area contributed by atoms with Crippen LogP contribution in [0.4, 0.5) is 5.69 Å². The lowest BCUT2D eigenvalue weighted by atomic mass is 10.3. The summed E-state index contributed by atoms with van der Waals surface area (Å²) in [5, 5.41) is 13.3. The molecule has 80 valence electrons. The van der Waals surface area contributed by atoms with Crippen LogP contribution in [0.15, 0.2) is 27.8 Å². The minimum Gasteiger partial charge on any atom is -0.495 e. The average Bonchev–Trinajstić information content (AvgIpc) is 2.21. The molecule has 0 radical (unpaired) electrons. The second-order valence-corrected chi connectivity index (χ2v) is 3.49. The van der Waals surface area contributed by atoms with E-state index in [4.69, 9.17) is 9.94 Å². The van der Waals surface area contributed by atoms with Crippen LogP contribution >= 0.6 is 15.9 Å². The number of carbonyl (C=O) groups is 1. The van der Waals surface area contributed by atoms with Crippen LogP contribution in [0.3, 0.4) is 0 Å². The third kappa shape index (κ3) is 3.25. The second kappa shape index (κ2) is 5.35. The SMILES string of the molecule is COc1cc(Br)ccc1NC(=O)/C=N/O. The van der Waals surface area contributed by atoms with Gasteiger partial charge in [0.15, 0.2) is 0 Å². The normalized spacial score (nSPS) is 10.3. The summed E-state index contributed by atoms with van der Waals surface area (Å²) < 4.78 is 5.89. The van der Waals surface area contributed by atoms with E-state index in [1.54, 1.807) is 18.2 Å². The first kappa shape index (κ1) is 11.5. The minimum atomic E-state index is -0.530. The van der Waals surface area contributed by atoms with Gasteiger partial charge in [-0.3, -0.25) is 4.79 Å². The van der Waals surface area contributed by atoms with Gasteiger partial charge in [-0.2, -0.15) is 0 Å². The lowest BCUT2D eigenvalue weighted by Crippen LogP contribution is -2.13. The van der Waals surface area contributed by atoms with Crippen molar-refractivity contribution in [1.82, 2.24) is 0 Å². The molecular weight excluding hydrogens is 264 g/mol. The maximum absolute atomic E-state index is 11.1. The van der Waals surface area contributed by atoms with Crippen molar-refractivity contribution in [3.63, 3.8) is 0 Å². The molecule has 1 rings (SSSR count). The van der Waals surface area contributed by atoms with Gasteiger partial charge in [-0.05, 0) is 18.2 Å². The van der Waals surface area contributed by atoms with Gasteiger partial charge < -0.3 is 15.3 Å². The molecule has 0 heterocycles. The molecule has 0 saturated carbocycles. The zero-order chi connectivity index (χ0) is 11.3. The number of halogens is 1. The van der Waals surface area contributed by atoms with Gasteiger partial charge in [0, 0.05) is 4.47 Å². The van der Waals surface area contributed by atoms with Gasteiger partial charge in [0.05, 0.1) is 12.8 Å². The number of amides is 1. The summed E-state index contributed by atoms with van der Waals surface area (Å²) in [6, 6.07) is 5.14. The van der Waals surface area contributed by atoms with E-state index in [0.717, 1.165) is 10.7 Å². The molecule has 0 atom stereocenters. The Labute approximate surface area is 94.9 Å². The number of rotatable bonds is 3. The Bertz CT molecular complexity index is 393. The molecule has 1 aromatic rings. The van der Waals surface area contributed by atoms with E-state index in [9.17, 15) is 4.79 Å². The van der Waals surface area contributed by atoms with E-state index < -0.39 is 5.91 Å². The first-order valence-corrected chi connectivity index (χ1v) is 4.78. The topological polar surface area (TPSA) is 70.9 Å². The number of methoxy groups -OCH3 is 1. The summed E-state index contributed by atoms with van der Waals surface area (Å²) >= 11 is 3.28. The standard InChI is InChI=1S/C9H9BrN2O3/c1-15-8-4-6(10)2-3-7(8)12-9(13)5-11-14/h2-5,14H,1H3,(H,12,13)/b11-5+. The largest absolute Gasteiger partial charge is 0.495 e. The molecule has 0 aromatic heterocycles. The Morgan fingerprint density at radius 3 is 3.00 bits per heavy atom. The van der Waals surface area contributed by atoms with E-state index in [1.807, 2.05) is 0 Å². The van der Waals surface area contributed by atoms with Crippen LogP contribution in [0.25, 0.3) is 0 Å². The molecule has 15 heavy (non-hydrogen) atoms. The minimum absolute atomic E-state index is 0.505. The molecule has 0 spiro atoms. The number of oxime groups is 1. The molecule has 0 fully saturated rings. The van der Waals surface area contributed by atoms with Gasteiger partial charge >= 0.3 is 0 Å². The van der Waals surface area contributed by atoms with Crippen molar-refractivity contribution in [1.29, 1.82) is 0 Å². The Balaban J connectivity index is 2.89. The van der Waals surface area contributed by atoms with E-state index in [-0.39, 0.29) is 0 Å². The van der Waals surface area contributed by atoms with Crippen molar-refractivity contribution in [2.45, 2.75) is 0 Å². The van der Waals surface area contributed by atoms with Crippen LogP contribution in [-0.2, 0) is 4.79 Å². The van der Waals surface area contributed by atoms with E-state index >= 15 is 0 Å². The fourth-order valence-corrected chi connectivity index (χ4v) is 1.33. The van der Waals surface area contributed by atoms with Gasteiger partial charge in [-0.1, -0.05) is 21.1 Å². The molecule has 1 amide bonds. The smallest absolute Gasteiger partial charge is 0.270 e. The van der Waals surface area contributed by atoms with Crippen molar-refractivity contribution in [2.75, 3.05) is 12.4 Å². The van der Waals surface area contributed by atoms with Crippen LogP contribution in [-0.4, -0.2) is 24.4 Å². The Morgan fingerprint density at radius 2 is 2.40 bits per heavy atom. The lowest BCUT2D eigenvalue weighted by molar-refractivity contribution is -0.110. The van der Waals surface area contributed by atoms with Crippen LogP contribution < -0.4 is 10.1 Å². The monoisotopic (exact) mass is 272 g/mol. The van der Waals surface area contributed by atoms with Gasteiger partial charge in [-0.25, -0.2) is 0 Å². The van der Waals surface area contributed by atoms with Gasteiger partial charge in [0.1, 0.15) is 12.0 Å².